The largest absolute Gasteiger partial charge is 0.461 e. The molecule has 4 rings (SSSR count). The maximum atomic E-state index is 14.0. The molecule has 1 fully saturated rings. The summed E-state index contributed by atoms with van der Waals surface area (Å²) in [6.07, 6.45) is 3.31. The van der Waals surface area contributed by atoms with Gasteiger partial charge in [-0.2, -0.15) is 0 Å². The SMILES string of the molecule is CCc1ccc2c(c1)CCC(CC)N2S(=O)(=O)C1(c2cccc(COC(C)=O)c2)CO1. The van der Waals surface area contributed by atoms with Crippen molar-refractivity contribution in [1.29, 1.82) is 0 Å². The molecule has 2 atom stereocenters. The van der Waals surface area contributed by atoms with Crippen LogP contribution in [-0.4, -0.2) is 27.0 Å². The predicted octanol–water partition coefficient (Wildman–Crippen LogP) is 4.06. The predicted molar refractivity (Wildman–Crippen MR) is 119 cm³/mol. The second kappa shape index (κ2) is 8.28. The van der Waals surface area contributed by atoms with Crippen LogP contribution in [0.2, 0.25) is 0 Å². The summed E-state index contributed by atoms with van der Waals surface area (Å²) in [7, 11) is -3.84. The number of carbonyl (C=O) groups excluding carboxylic acids is 1. The van der Waals surface area contributed by atoms with E-state index in [-0.39, 0.29) is 25.2 Å². The van der Waals surface area contributed by atoms with E-state index in [9.17, 15) is 13.2 Å². The molecule has 2 aromatic carbocycles. The van der Waals surface area contributed by atoms with Crippen LogP contribution in [0.4, 0.5) is 5.69 Å². The van der Waals surface area contributed by atoms with Crippen molar-refractivity contribution in [1.82, 2.24) is 0 Å². The van der Waals surface area contributed by atoms with E-state index < -0.39 is 15.0 Å². The van der Waals surface area contributed by atoms with Gasteiger partial charge in [-0.3, -0.25) is 9.10 Å². The molecule has 2 unspecified atom stereocenters. The number of esters is 1. The number of epoxide rings is 1. The fourth-order valence-electron chi connectivity index (χ4n) is 4.38. The van der Waals surface area contributed by atoms with Crippen LogP contribution in [0.5, 0.6) is 0 Å². The van der Waals surface area contributed by atoms with Gasteiger partial charge in [-0.15, -0.1) is 0 Å². The van der Waals surface area contributed by atoms with Crippen molar-refractivity contribution < 1.29 is 22.7 Å². The highest BCUT2D eigenvalue weighted by atomic mass is 32.2. The van der Waals surface area contributed by atoms with Crippen LogP contribution < -0.4 is 4.31 Å². The van der Waals surface area contributed by atoms with E-state index in [1.807, 2.05) is 25.1 Å². The molecule has 6 nitrogen and oxygen atoms in total. The number of rotatable bonds is 7. The topological polar surface area (TPSA) is 76.2 Å². The smallest absolute Gasteiger partial charge is 0.302 e. The number of nitrogens with zero attached hydrogens (tertiary/aromatic N) is 1. The summed E-state index contributed by atoms with van der Waals surface area (Å²) in [6, 6.07) is 13.1. The second-order valence-corrected chi connectivity index (χ2v) is 10.2. The summed E-state index contributed by atoms with van der Waals surface area (Å²) in [6.45, 7) is 5.69. The van der Waals surface area contributed by atoms with E-state index in [0.29, 0.717) is 5.56 Å². The third kappa shape index (κ3) is 3.85. The average molecular weight is 444 g/mol. The summed E-state index contributed by atoms with van der Waals surface area (Å²) in [5.41, 5.74) is 4.36. The Balaban J connectivity index is 1.74. The maximum absolute atomic E-state index is 14.0. The van der Waals surface area contributed by atoms with Crippen LogP contribution in [0.3, 0.4) is 0 Å². The van der Waals surface area contributed by atoms with Crippen LogP contribution in [0.25, 0.3) is 0 Å². The van der Waals surface area contributed by atoms with E-state index in [1.165, 1.54) is 12.5 Å². The number of ether oxygens (including phenoxy) is 2. The Morgan fingerprint density at radius 3 is 2.61 bits per heavy atom. The molecule has 0 bridgehead atoms. The van der Waals surface area contributed by atoms with Gasteiger partial charge in [-0.25, -0.2) is 8.42 Å². The third-order valence-electron chi connectivity index (χ3n) is 6.23. The Morgan fingerprint density at radius 1 is 1.19 bits per heavy atom. The molecule has 2 aliphatic rings. The molecule has 0 amide bonds. The lowest BCUT2D eigenvalue weighted by atomic mass is 9.94. The van der Waals surface area contributed by atoms with Gasteiger partial charge in [-0.1, -0.05) is 44.2 Å². The minimum absolute atomic E-state index is 0.100. The molecule has 0 N–H and O–H groups in total. The molecule has 31 heavy (non-hydrogen) atoms. The minimum Gasteiger partial charge on any atom is -0.461 e. The number of carbonyl (C=O) groups is 1. The summed E-state index contributed by atoms with van der Waals surface area (Å²) < 4.78 is 40.5. The Kier molecular flexibility index (Phi) is 5.83. The first kappa shape index (κ1) is 21.8. The first-order valence-corrected chi connectivity index (χ1v) is 12.3. The number of anilines is 1. The van der Waals surface area contributed by atoms with Gasteiger partial charge in [0.2, 0.25) is 4.93 Å². The van der Waals surface area contributed by atoms with Crippen LogP contribution in [0, 0.1) is 0 Å². The van der Waals surface area contributed by atoms with Crippen molar-refractivity contribution >= 4 is 21.7 Å². The number of aryl methyl sites for hydroxylation is 2. The van der Waals surface area contributed by atoms with Crippen molar-refractivity contribution in [2.75, 3.05) is 10.9 Å². The zero-order chi connectivity index (χ0) is 22.2. The highest BCUT2D eigenvalue weighted by Gasteiger charge is 2.62. The Labute approximate surface area is 184 Å². The first-order chi connectivity index (χ1) is 14.8. The third-order valence-corrected chi connectivity index (χ3v) is 8.55. The van der Waals surface area contributed by atoms with Gasteiger partial charge in [0.05, 0.1) is 12.3 Å². The molecule has 7 heteroatoms. The minimum atomic E-state index is -3.84. The summed E-state index contributed by atoms with van der Waals surface area (Å²) in [5, 5.41) is 0. The van der Waals surface area contributed by atoms with E-state index in [0.717, 1.165) is 42.5 Å². The molecular formula is C24H29NO5S. The lowest BCUT2D eigenvalue weighted by Crippen LogP contribution is -2.48. The van der Waals surface area contributed by atoms with Crippen molar-refractivity contribution in [2.45, 2.75) is 64.0 Å². The van der Waals surface area contributed by atoms with Crippen LogP contribution in [0.15, 0.2) is 42.5 Å². The number of benzene rings is 2. The lowest BCUT2D eigenvalue weighted by Gasteiger charge is -2.39. The first-order valence-electron chi connectivity index (χ1n) is 10.8. The molecular weight excluding hydrogens is 414 g/mol. The van der Waals surface area contributed by atoms with E-state index in [1.54, 1.807) is 22.5 Å². The van der Waals surface area contributed by atoms with Crippen molar-refractivity contribution in [3.63, 3.8) is 0 Å². The zero-order valence-corrected chi connectivity index (χ0v) is 19.1. The molecule has 166 valence electrons. The Bertz CT molecular complexity index is 1090. The number of hydrogen-bond donors (Lipinski definition) is 0. The Morgan fingerprint density at radius 2 is 1.97 bits per heavy atom. The molecule has 1 saturated heterocycles. The molecule has 2 aromatic rings. The number of sulfonamides is 1. The number of fused-ring (bicyclic) bond motifs is 1. The lowest BCUT2D eigenvalue weighted by molar-refractivity contribution is -0.142. The monoisotopic (exact) mass is 443 g/mol. The zero-order valence-electron chi connectivity index (χ0n) is 18.3. The highest BCUT2D eigenvalue weighted by molar-refractivity contribution is 7.93. The van der Waals surface area contributed by atoms with Gasteiger partial charge in [0.1, 0.15) is 6.61 Å². The normalized spacial score (nSPS) is 22.7. The fourth-order valence-corrected chi connectivity index (χ4v) is 6.56. The van der Waals surface area contributed by atoms with Gasteiger partial charge in [0.15, 0.2) is 0 Å². The van der Waals surface area contributed by atoms with Gasteiger partial charge >= 0.3 is 5.97 Å². The van der Waals surface area contributed by atoms with E-state index >= 15 is 0 Å². The summed E-state index contributed by atoms with van der Waals surface area (Å²) in [4.78, 5) is 9.76. The standard InChI is InChI=1S/C24H29NO5S/c1-4-18-9-12-23-20(13-18)10-11-22(5-2)25(23)31(27,28)24(16-30-24)21-8-6-7-19(14-21)15-29-17(3)26/h6-9,12-14,22H,4-5,10-11,15-16H2,1-3H3. The molecule has 2 aliphatic heterocycles. The van der Waals surface area contributed by atoms with Crippen LogP contribution in [0.1, 0.15) is 55.9 Å². The molecule has 0 spiro atoms. The van der Waals surface area contributed by atoms with Crippen LogP contribution >= 0.6 is 0 Å². The fraction of sp³-hybridized carbons (Fsp3) is 0.458. The molecule has 0 aliphatic carbocycles. The quantitative estimate of drug-likeness (QED) is 0.477. The average Bonchev–Trinajstić information content (AvgIpc) is 3.59. The summed E-state index contributed by atoms with van der Waals surface area (Å²) in [5.74, 6) is -0.377. The second-order valence-electron chi connectivity index (χ2n) is 8.24. The van der Waals surface area contributed by atoms with Crippen LogP contribution in [-0.2, 0) is 48.7 Å². The van der Waals surface area contributed by atoms with Crippen molar-refractivity contribution in [3.8, 4) is 0 Å². The van der Waals surface area contributed by atoms with E-state index in [2.05, 4.69) is 13.0 Å². The van der Waals surface area contributed by atoms with E-state index in [4.69, 9.17) is 9.47 Å². The molecule has 0 radical (unpaired) electrons. The molecule has 0 aromatic heterocycles. The molecule has 0 saturated carbocycles. The summed E-state index contributed by atoms with van der Waals surface area (Å²) >= 11 is 0. The van der Waals surface area contributed by atoms with Gasteiger partial charge in [-0.05, 0) is 54.5 Å². The maximum Gasteiger partial charge on any atom is 0.302 e. The number of hydrogen-bond acceptors (Lipinski definition) is 5. The van der Waals surface area contributed by atoms with Crippen molar-refractivity contribution in [3.05, 3.63) is 64.7 Å². The van der Waals surface area contributed by atoms with Crippen molar-refractivity contribution in [2.24, 2.45) is 0 Å². The van der Waals surface area contributed by atoms with Gasteiger partial charge < -0.3 is 9.47 Å². The van der Waals surface area contributed by atoms with Gasteiger partial charge in [0.25, 0.3) is 10.0 Å². The molecule has 2 heterocycles. The van der Waals surface area contributed by atoms with Gasteiger partial charge in [0, 0.05) is 18.5 Å². The highest BCUT2D eigenvalue weighted by Crippen LogP contribution is 2.49. The Hall–Kier alpha value is -2.38.